The number of hydrogen-bond acceptors (Lipinski definition) is 6. The number of pyridine rings is 1. The lowest BCUT2D eigenvalue weighted by atomic mass is 10.1. The number of rotatable bonds is 5. The van der Waals surface area contributed by atoms with Crippen LogP contribution >= 0.6 is 0 Å². The number of carbonyl (C=O) groups excluding carboxylic acids is 1. The van der Waals surface area contributed by atoms with Crippen molar-refractivity contribution >= 4 is 33.9 Å². The lowest BCUT2D eigenvalue weighted by Crippen LogP contribution is -2.12. The molecule has 0 spiro atoms. The van der Waals surface area contributed by atoms with Gasteiger partial charge in [0.05, 0.1) is 17.5 Å². The van der Waals surface area contributed by atoms with Crippen LogP contribution in [0, 0.1) is 0 Å². The molecule has 3 aromatic heterocycles. The van der Waals surface area contributed by atoms with E-state index in [0.29, 0.717) is 28.3 Å². The molecule has 0 saturated carbocycles. The molecule has 0 fully saturated rings. The molecule has 170 valence electrons. The fourth-order valence-electron chi connectivity index (χ4n) is 3.37. The van der Waals surface area contributed by atoms with Crippen molar-refractivity contribution in [3.63, 3.8) is 0 Å². The first kappa shape index (κ1) is 21.3. The quantitative estimate of drug-likeness (QED) is 0.309. The molecule has 0 radical (unpaired) electrons. The average molecular weight is 464 g/mol. The van der Waals surface area contributed by atoms with Crippen LogP contribution in [0.3, 0.4) is 0 Å². The Labute approximate surface area is 190 Å². The van der Waals surface area contributed by atoms with Gasteiger partial charge in [0.25, 0.3) is 5.91 Å². The minimum atomic E-state index is -4.59. The summed E-state index contributed by atoms with van der Waals surface area (Å²) < 4.78 is 50.4. The number of alkyl halides is 3. The Hall–Kier alpha value is -4.60. The van der Waals surface area contributed by atoms with Crippen molar-refractivity contribution in [3.05, 3.63) is 90.4 Å². The molecule has 0 aliphatic heterocycles. The third-order valence-corrected chi connectivity index (χ3v) is 4.91. The fourth-order valence-corrected chi connectivity index (χ4v) is 3.37. The summed E-state index contributed by atoms with van der Waals surface area (Å²) in [6.45, 7) is 0. The number of para-hydroxylation sites is 1. The van der Waals surface area contributed by atoms with Gasteiger partial charge in [0.15, 0.2) is 11.5 Å². The molecule has 7 nitrogen and oxygen atoms in total. The van der Waals surface area contributed by atoms with E-state index in [2.05, 4.69) is 20.8 Å². The number of amides is 1. The molecule has 0 aliphatic carbocycles. The summed E-state index contributed by atoms with van der Waals surface area (Å²) in [6.07, 6.45) is -3.12. The van der Waals surface area contributed by atoms with E-state index in [1.807, 2.05) is 0 Å². The second-order valence-corrected chi connectivity index (χ2v) is 7.28. The van der Waals surface area contributed by atoms with E-state index in [-0.39, 0.29) is 16.9 Å². The first-order valence-electron chi connectivity index (χ1n) is 10.0. The minimum absolute atomic E-state index is 0.0414. The molecule has 2 N–H and O–H groups in total. The summed E-state index contributed by atoms with van der Waals surface area (Å²) in [7, 11) is 0. The molecule has 0 unspecified atom stereocenters. The van der Waals surface area contributed by atoms with Crippen LogP contribution in [0.25, 0.3) is 22.4 Å². The number of anilines is 3. The van der Waals surface area contributed by atoms with Gasteiger partial charge in [-0.1, -0.05) is 29.4 Å². The van der Waals surface area contributed by atoms with Gasteiger partial charge in [0, 0.05) is 22.8 Å². The highest BCUT2D eigenvalue weighted by molar-refractivity contribution is 6.03. The molecule has 0 bridgehead atoms. The predicted octanol–water partition coefficient (Wildman–Crippen LogP) is 6.50. The maximum Gasteiger partial charge on any atom is 0.433 e. The van der Waals surface area contributed by atoms with Crippen LogP contribution < -0.4 is 10.6 Å². The van der Waals surface area contributed by atoms with Gasteiger partial charge >= 0.3 is 6.18 Å². The zero-order valence-electron chi connectivity index (χ0n) is 17.3. The summed E-state index contributed by atoms with van der Waals surface area (Å²) >= 11 is 0. The van der Waals surface area contributed by atoms with Crippen LogP contribution in [0.5, 0.6) is 0 Å². The van der Waals surface area contributed by atoms with Gasteiger partial charge in [-0.3, -0.25) is 4.79 Å². The van der Waals surface area contributed by atoms with Crippen molar-refractivity contribution in [2.24, 2.45) is 0 Å². The van der Waals surface area contributed by atoms with E-state index >= 15 is 0 Å². The third kappa shape index (κ3) is 4.33. The lowest BCUT2D eigenvalue weighted by Gasteiger charge is -2.14. The van der Waals surface area contributed by atoms with Gasteiger partial charge in [0.1, 0.15) is 5.69 Å². The molecule has 0 aliphatic rings. The number of nitrogens with zero attached hydrogens (tertiary/aromatic N) is 2. The number of nitrogens with one attached hydrogen (secondary N) is 2. The Morgan fingerprint density at radius 3 is 2.50 bits per heavy atom. The van der Waals surface area contributed by atoms with Gasteiger partial charge in [-0.25, -0.2) is 4.98 Å². The zero-order chi connectivity index (χ0) is 23.7. The number of fused-ring (bicyclic) bond motifs is 1. The van der Waals surface area contributed by atoms with Crippen molar-refractivity contribution in [1.82, 2.24) is 10.1 Å². The van der Waals surface area contributed by atoms with E-state index in [1.54, 1.807) is 54.6 Å². The van der Waals surface area contributed by atoms with Crippen LogP contribution in [0.1, 0.15) is 16.2 Å². The van der Waals surface area contributed by atoms with Gasteiger partial charge in [0.2, 0.25) is 5.76 Å². The average Bonchev–Trinajstić information content (AvgIpc) is 3.51. The smallest absolute Gasteiger partial charge is 0.433 e. The molecular weight excluding hydrogens is 449 g/mol. The Bertz CT molecular complexity index is 1480. The standard InChI is InChI=1S/C24H15F3N4O3/c25-24(26,27)22-13-18(16-7-1-2-8-17(16)30-22)28-14-5-3-6-15(11-14)29-23(32)19-12-21(34-31-19)20-9-4-10-33-20/h1-13H,(H,28,30)(H,29,32). The van der Waals surface area contributed by atoms with Crippen LogP contribution in [0.4, 0.5) is 30.2 Å². The Morgan fingerprint density at radius 1 is 0.882 bits per heavy atom. The van der Waals surface area contributed by atoms with Crippen LogP contribution in [0.15, 0.2) is 88.0 Å². The summed E-state index contributed by atoms with van der Waals surface area (Å²) in [5.41, 5.74) is 0.366. The lowest BCUT2D eigenvalue weighted by molar-refractivity contribution is -0.140. The van der Waals surface area contributed by atoms with Crippen molar-refractivity contribution in [1.29, 1.82) is 0 Å². The zero-order valence-corrected chi connectivity index (χ0v) is 17.3. The molecule has 5 rings (SSSR count). The highest BCUT2D eigenvalue weighted by atomic mass is 19.4. The number of halogens is 3. The molecular formula is C24H15F3N4O3. The molecule has 0 atom stereocenters. The van der Waals surface area contributed by atoms with E-state index in [9.17, 15) is 18.0 Å². The topological polar surface area (TPSA) is 93.2 Å². The largest absolute Gasteiger partial charge is 0.461 e. The van der Waals surface area contributed by atoms with Crippen molar-refractivity contribution in [2.45, 2.75) is 6.18 Å². The van der Waals surface area contributed by atoms with Crippen LogP contribution in [0.2, 0.25) is 0 Å². The molecule has 5 aromatic rings. The van der Waals surface area contributed by atoms with E-state index in [1.165, 1.54) is 18.4 Å². The van der Waals surface area contributed by atoms with Crippen molar-refractivity contribution < 1.29 is 26.9 Å². The highest BCUT2D eigenvalue weighted by Gasteiger charge is 2.33. The van der Waals surface area contributed by atoms with E-state index < -0.39 is 17.8 Å². The monoisotopic (exact) mass is 464 g/mol. The molecule has 1 amide bonds. The number of benzene rings is 2. The number of aromatic nitrogens is 2. The second-order valence-electron chi connectivity index (χ2n) is 7.28. The highest BCUT2D eigenvalue weighted by Crippen LogP contribution is 2.34. The summed E-state index contributed by atoms with van der Waals surface area (Å²) in [5.74, 6) is 0.212. The Balaban J connectivity index is 1.39. The summed E-state index contributed by atoms with van der Waals surface area (Å²) in [6, 6.07) is 18.8. The minimum Gasteiger partial charge on any atom is -0.461 e. The molecule has 2 aromatic carbocycles. The van der Waals surface area contributed by atoms with Crippen molar-refractivity contribution in [2.75, 3.05) is 10.6 Å². The maximum absolute atomic E-state index is 13.3. The molecule has 10 heteroatoms. The Morgan fingerprint density at radius 2 is 1.71 bits per heavy atom. The summed E-state index contributed by atoms with van der Waals surface area (Å²) in [5, 5.41) is 9.96. The van der Waals surface area contributed by atoms with Crippen LogP contribution in [-0.4, -0.2) is 16.0 Å². The second kappa shape index (κ2) is 8.39. The maximum atomic E-state index is 13.3. The first-order chi connectivity index (χ1) is 16.4. The van der Waals surface area contributed by atoms with Gasteiger partial charge in [-0.15, -0.1) is 0 Å². The Kier molecular flexibility index (Phi) is 5.25. The SMILES string of the molecule is O=C(Nc1cccc(Nc2cc(C(F)(F)F)nc3ccccc23)c1)c1cc(-c2ccco2)on1. The molecule has 3 heterocycles. The normalized spacial score (nSPS) is 11.5. The molecule has 34 heavy (non-hydrogen) atoms. The van der Waals surface area contributed by atoms with Gasteiger partial charge in [-0.05, 0) is 42.5 Å². The summed E-state index contributed by atoms with van der Waals surface area (Å²) in [4.78, 5) is 16.3. The van der Waals surface area contributed by atoms with E-state index in [0.717, 1.165) is 6.07 Å². The first-order valence-corrected chi connectivity index (χ1v) is 10.0. The third-order valence-electron chi connectivity index (χ3n) is 4.91. The fraction of sp³-hybridized carbons (Fsp3) is 0.0417. The number of furan rings is 1. The van der Waals surface area contributed by atoms with Crippen LogP contribution in [-0.2, 0) is 6.18 Å². The molecule has 0 saturated heterocycles. The van der Waals surface area contributed by atoms with Gasteiger partial charge in [-0.2, -0.15) is 13.2 Å². The number of carbonyl (C=O) groups is 1. The number of hydrogen-bond donors (Lipinski definition) is 2. The van der Waals surface area contributed by atoms with Gasteiger partial charge < -0.3 is 19.6 Å². The predicted molar refractivity (Wildman–Crippen MR) is 119 cm³/mol. The van der Waals surface area contributed by atoms with Crippen molar-refractivity contribution in [3.8, 4) is 11.5 Å². The van der Waals surface area contributed by atoms with E-state index in [4.69, 9.17) is 8.94 Å².